The van der Waals surface area contributed by atoms with Gasteiger partial charge in [-0.1, -0.05) is 0 Å². The zero-order valence-electron chi connectivity index (χ0n) is 13.6. The Hall–Kier alpha value is -3.03. The van der Waals surface area contributed by atoms with Crippen LogP contribution in [-0.2, 0) is 0 Å². The van der Waals surface area contributed by atoms with Crippen molar-refractivity contribution in [3.63, 3.8) is 0 Å². The summed E-state index contributed by atoms with van der Waals surface area (Å²) in [5.41, 5.74) is 3.06. The molecule has 1 fully saturated rings. The average molecular weight is 337 g/mol. The molecule has 0 bridgehead atoms. The third-order valence-electron chi connectivity index (χ3n) is 4.50. The highest BCUT2D eigenvalue weighted by atomic mass is 19.1. The maximum absolute atomic E-state index is 13.7. The molecule has 1 saturated carbocycles. The van der Waals surface area contributed by atoms with Crippen LogP contribution in [0.1, 0.15) is 18.5 Å². The van der Waals surface area contributed by atoms with E-state index in [-0.39, 0.29) is 6.54 Å². The Kier molecular flexibility index (Phi) is 2.85. The minimum absolute atomic E-state index is 0.254. The molecule has 4 aromatic rings. The van der Waals surface area contributed by atoms with E-state index in [9.17, 15) is 4.39 Å². The van der Waals surface area contributed by atoms with Crippen LogP contribution in [0.25, 0.3) is 27.9 Å². The van der Waals surface area contributed by atoms with Crippen molar-refractivity contribution in [2.75, 3.05) is 11.9 Å². The molecule has 0 amide bonds. The van der Waals surface area contributed by atoms with Crippen molar-refractivity contribution in [2.45, 2.75) is 25.4 Å². The Morgan fingerprint density at radius 1 is 1.32 bits per heavy atom. The highest BCUT2D eigenvalue weighted by Crippen LogP contribution is 2.39. The minimum Gasteiger partial charge on any atom is -0.351 e. The highest BCUT2D eigenvalue weighted by molar-refractivity contribution is 5.92. The van der Waals surface area contributed by atoms with E-state index >= 15 is 0 Å². The van der Waals surface area contributed by atoms with E-state index in [0.29, 0.717) is 24.4 Å². The summed E-state index contributed by atoms with van der Waals surface area (Å²) in [7, 11) is 0. The lowest BCUT2D eigenvalue weighted by Gasteiger charge is -2.07. The van der Waals surface area contributed by atoms with Crippen LogP contribution in [0.4, 0.5) is 10.3 Å². The fraction of sp³-hybridized carbons (Fsp3) is 0.294. The molecule has 0 aromatic carbocycles. The average Bonchev–Trinajstić information content (AvgIpc) is 3.04. The van der Waals surface area contributed by atoms with Gasteiger partial charge in [-0.25, -0.2) is 18.9 Å². The first kappa shape index (κ1) is 14.3. The van der Waals surface area contributed by atoms with E-state index in [0.717, 1.165) is 28.0 Å². The van der Waals surface area contributed by atoms with Gasteiger partial charge in [-0.05, 0) is 31.9 Å². The minimum atomic E-state index is -1.08. The van der Waals surface area contributed by atoms with E-state index in [4.69, 9.17) is 0 Å². The summed E-state index contributed by atoms with van der Waals surface area (Å²) in [6.45, 7) is 2.19. The molecule has 5 rings (SSSR count). The Morgan fingerprint density at radius 2 is 2.20 bits per heavy atom. The topological polar surface area (TPSA) is 83.8 Å². The molecular weight excluding hydrogens is 321 g/mol. The summed E-state index contributed by atoms with van der Waals surface area (Å²) in [5, 5.41) is 8.44. The van der Waals surface area contributed by atoms with Crippen molar-refractivity contribution in [1.29, 1.82) is 0 Å². The van der Waals surface area contributed by atoms with E-state index in [1.54, 1.807) is 10.7 Å². The fourth-order valence-corrected chi connectivity index (χ4v) is 2.90. The predicted molar refractivity (Wildman–Crippen MR) is 92.2 cm³/mol. The number of hydrogen-bond acceptors (Lipinski definition) is 5. The summed E-state index contributed by atoms with van der Waals surface area (Å²) in [6, 6.07) is 3.86. The second kappa shape index (κ2) is 4.98. The summed E-state index contributed by atoms with van der Waals surface area (Å²) in [5.74, 6) is 0.429. The molecule has 4 aromatic heterocycles. The molecule has 0 spiro atoms. The lowest BCUT2D eigenvalue weighted by atomic mass is 10.2. The maximum atomic E-state index is 13.7. The van der Waals surface area contributed by atoms with Crippen LogP contribution >= 0.6 is 0 Å². The van der Waals surface area contributed by atoms with Crippen molar-refractivity contribution in [3.8, 4) is 11.3 Å². The van der Waals surface area contributed by atoms with Gasteiger partial charge in [-0.2, -0.15) is 10.1 Å². The number of halogens is 1. The van der Waals surface area contributed by atoms with Gasteiger partial charge in [0.2, 0.25) is 5.95 Å². The lowest BCUT2D eigenvalue weighted by molar-refractivity contribution is 0.326. The van der Waals surface area contributed by atoms with Gasteiger partial charge >= 0.3 is 0 Å². The molecule has 1 aliphatic carbocycles. The largest absolute Gasteiger partial charge is 0.351 e. The number of alkyl halides is 1. The number of aromatic amines is 1. The summed E-state index contributed by atoms with van der Waals surface area (Å²) < 4.78 is 15.5. The van der Waals surface area contributed by atoms with Crippen LogP contribution in [0.5, 0.6) is 0 Å². The number of aryl methyl sites for hydroxylation is 1. The van der Waals surface area contributed by atoms with E-state index in [1.807, 2.05) is 31.5 Å². The Balaban J connectivity index is 1.50. The number of fused-ring (bicyclic) bond motifs is 2. The quantitative estimate of drug-likeness (QED) is 0.598. The molecule has 126 valence electrons. The van der Waals surface area contributed by atoms with Gasteiger partial charge in [0.15, 0.2) is 5.65 Å². The second-order valence-corrected chi connectivity index (χ2v) is 6.57. The van der Waals surface area contributed by atoms with Crippen LogP contribution in [0.3, 0.4) is 0 Å². The molecule has 0 unspecified atom stereocenters. The third-order valence-corrected chi connectivity index (χ3v) is 4.50. The van der Waals surface area contributed by atoms with E-state index in [2.05, 4.69) is 30.4 Å². The first-order chi connectivity index (χ1) is 12.1. The van der Waals surface area contributed by atoms with Gasteiger partial charge < -0.3 is 10.3 Å². The first-order valence-corrected chi connectivity index (χ1v) is 8.20. The van der Waals surface area contributed by atoms with Gasteiger partial charge in [-0.3, -0.25) is 0 Å². The van der Waals surface area contributed by atoms with Crippen LogP contribution in [0, 0.1) is 6.92 Å². The predicted octanol–water partition coefficient (Wildman–Crippen LogP) is 2.89. The molecule has 0 radical (unpaired) electrons. The number of aromatic nitrogens is 6. The Bertz CT molecular complexity index is 1090. The molecule has 2 N–H and O–H groups in total. The molecule has 0 saturated heterocycles. The van der Waals surface area contributed by atoms with Crippen molar-refractivity contribution >= 4 is 22.6 Å². The highest BCUT2D eigenvalue weighted by Gasteiger charge is 2.43. The first-order valence-electron chi connectivity index (χ1n) is 8.20. The van der Waals surface area contributed by atoms with Gasteiger partial charge in [0.05, 0.1) is 24.1 Å². The fourth-order valence-electron chi connectivity index (χ4n) is 2.90. The molecule has 8 heteroatoms. The third kappa shape index (κ3) is 2.50. The standard InChI is InChI=1S/C17H16FN7/c1-10-8-25-14(22-10)3-2-13(24-25)11-6-19-15-12(11)7-20-16(23-15)21-9-17(18)4-5-17/h2-3,6-8H,4-5,9H2,1H3,(H2,19,20,21,23). The molecule has 0 atom stereocenters. The SMILES string of the molecule is Cc1cn2nc(-c3c[nH]c4nc(NCC5(F)CC5)ncc34)ccc2n1. The number of imidazole rings is 1. The van der Waals surface area contributed by atoms with E-state index < -0.39 is 5.67 Å². The van der Waals surface area contributed by atoms with Crippen LogP contribution < -0.4 is 5.32 Å². The monoisotopic (exact) mass is 337 g/mol. The van der Waals surface area contributed by atoms with Crippen LogP contribution in [-0.4, -0.2) is 41.8 Å². The number of hydrogen-bond donors (Lipinski definition) is 2. The molecule has 4 heterocycles. The van der Waals surface area contributed by atoms with Gasteiger partial charge in [-0.15, -0.1) is 0 Å². The van der Waals surface area contributed by atoms with Crippen LogP contribution in [0.15, 0.2) is 30.7 Å². The summed E-state index contributed by atoms with van der Waals surface area (Å²) >= 11 is 0. The number of nitrogens with one attached hydrogen (secondary N) is 2. The number of nitrogens with zero attached hydrogens (tertiary/aromatic N) is 5. The van der Waals surface area contributed by atoms with Gasteiger partial charge in [0.25, 0.3) is 0 Å². The number of rotatable bonds is 4. The Labute approximate surface area is 142 Å². The normalized spacial score (nSPS) is 15.8. The van der Waals surface area contributed by atoms with Crippen molar-refractivity contribution < 1.29 is 4.39 Å². The second-order valence-electron chi connectivity index (χ2n) is 6.57. The van der Waals surface area contributed by atoms with Gasteiger partial charge in [0, 0.05) is 23.3 Å². The zero-order valence-corrected chi connectivity index (χ0v) is 13.6. The Morgan fingerprint density at radius 3 is 3.04 bits per heavy atom. The molecule has 0 aliphatic heterocycles. The van der Waals surface area contributed by atoms with E-state index in [1.165, 1.54) is 0 Å². The molecule has 1 aliphatic rings. The summed E-state index contributed by atoms with van der Waals surface area (Å²) in [6.07, 6.45) is 6.70. The summed E-state index contributed by atoms with van der Waals surface area (Å²) in [4.78, 5) is 16.3. The van der Waals surface area contributed by atoms with Crippen molar-refractivity contribution in [3.05, 3.63) is 36.4 Å². The molecular formula is C17H16FN7. The molecule has 7 nitrogen and oxygen atoms in total. The number of H-pyrrole nitrogens is 1. The van der Waals surface area contributed by atoms with Crippen molar-refractivity contribution in [2.24, 2.45) is 0 Å². The lowest BCUT2D eigenvalue weighted by Crippen LogP contribution is -2.17. The number of anilines is 1. The van der Waals surface area contributed by atoms with Crippen molar-refractivity contribution in [1.82, 2.24) is 29.5 Å². The zero-order chi connectivity index (χ0) is 17.0. The maximum Gasteiger partial charge on any atom is 0.224 e. The molecule has 25 heavy (non-hydrogen) atoms. The van der Waals surface area contributed by atoms with Gasteiger partial charge in [0.1, 0.15) is 11.3 Å². The smallest absolute Gasteiger partial charge is 0.224 e. The van der Waals surface area contributed by atoms with Crippen LogP contribution in [0.2, 0.25) is 0 Å².